The molecule has 1 spiro atoms. The molecule has 1 aromatic carbocycles. The van der Waals surface area contributed by atoms with Crippen LogP contribution in [0, 0.1) is 0 Å². The highest BCUT2D eigenvalue weighted by Crippen LogP contribution is 2.44. The van der Waals surface area contributed by atoms with E-state index in [0.29, 0.717) is 16.6 Å². The number of nitrogens with two attached hydrogens (primary N) is 1. The molecule has 2 aliphatic rings. The lowest BCUT2D eigenvalue weighted by Gasteiger charge is -2.39. The van der Waals surface area contributed by atoms with Gasteiger partial charge in [-0.05, 0) is 44.2 Å². The first-order chi connectivity index (χ1) is 9.67. The van der Waals surface area contributed by atoms with E-state index in [1.807, 2.05) is 12.1 Å². The molecule has 0 bridgehead atoms. The maximum atomic E-state index is 11.5. The zero-order valence-electron chi connectivity index (χ0n) is 11.3. The van der Waals surface area contributed by atoms with Crippen LogP contribution in [0.2, 0.25) is 0 Å². The number of nitrogens with zero attached hydrogens (tertiary/aromatic N) is 1. The Kier molecular flexibility index (Phi) is 2.41. The average molecular weight is 270 g/mol. The molecule has 1 aliphatic carbocycles. The molecular weight excluding hydrogens is 252 g/mol. The second-order valence-electron chi connectivity index (χ2n) is 6.06. The number of amides is 1. The standard InChI is InChI=1S/C15H18N4O/c16-13(20)9-3-1-4-10-12(9)18-14(17-10)11-5-8-15(19-11)6-2-7-15/h1,3-4,11,19H,2,5-8H2,(H2,16,20)(H,17,18). The van der Waals surface area contributed by atoms with Gasteiger partial charge in [0.15, 0.2) is 0 Å². The fraction of sp³-hybridized carbons (Fsp3) is 0.467. The third-order valence-corrected chi connectivity index (χ3v) is 4.83. The Balaban J connectivity index is 1.71. The van der Waals surface area contributed by atoms with Crippen LogP contribution in [0.15, 0.2) is 18.2 Å². The number of H-pyrrole nitrogens is 1. The lowest BCUT2D eigenvalue weighted by molar-refractivity contribution is 0.100. The number of para-hydroxylation sites is 1. The fourth-order valence-electron chi connectivity index (χ4n) is 3.55. The van der Waals surface area contributed by atoms with E-state index in [1.54, 1.807) is 6.07 Å². The Morgan fingerprint density at radius 2 is 2.20 bits per heavy atom. The van der Waals surface area contributed by atoms with Crippen molar-refractivity contribution in [2.75, 3.05) is 0 Å². The van der Waals surface area contributed by atoms with Crippen LogP contribution in [0.5, 0.6) is 0 Å². The van der Waals surface area contributed by atoms with Crippen molar-refractivity contribution in [1.82, 2.24) is 15.3 Å². The normalized spacial score (nSPS) is 24.1. The smallest absolute Gasteiger partial charge is 0.250 e. The van der Waals surface area contributed by atoms with Crippen molar-refractivity contribution in [1.29, 1.82) is 0 Å². The van der Waals surface area contributed by atoms with Crippen molar-refractivity contribution in [2.24, 2.45) is 5.73 Å². The number of hydrogen-bond acceptors (Lipinski definition) is 3. The highest BCUT2D eigenvalue weighted by Gasteiger charge is 2.44. The SMILES string of the molecule is NC(=O)c1cccc2[nH]c(C3CCC4(CCC4)N3)nc12. The van der Waals surface area contributed by atoms with E-state index < -0.39 is 5.91 Å². The number of aromatic amines is 1. The molecule has 1 saturated heterocycles. The Morgan fingerprint density at radius 3 is 2.85 bits per heavy atom. The van der Waals surface area contributed by atoms with Crippen LogP contribution in [0.4, 0.5) is 0 Å². The van der Waals surface area contributed by atoms with Crippen molar-refractivity contribution in [3.05, 3.63) is 29.6 Å². The highest BCUT2D eigenvalue weighted by molar-refractivity contribution is 6.04. The van der Waals surface area contributed by atoms with Crippen LogP contribution >= 0.6 is 0 Å². The zero-order valence-corrected chi connectivity index (χ0v) is 11.3. The Bertz CT molecular complexity index is 686. The Morgan fingerprint density at radius 1 is 1.35 bits per heavy atom. The van der Waals surface area contributed by atoms with E-state index >= 15 is 0 Å². The predicted molar refractivity (Wildman–Crippen MR) is 76.3 cm³/mol. The van der Waals surface area contributed by atoms with Crippen molar-refractivity contribution in [2.45, 2.75) is 43.7 Å². The van der Waals surface area contributed by atoms with Gasteiger partial charge in [-0.1, -0.05) is 6.07 Å². The van der Waals surface area contributed by atoms with Gasteiger partial charge in [0, 0.05) is 5.54 Å². The number of rotatable bonds is 2. The molecule has 5 nitrogen and oxygen atoms in total. The molecule has 4 N–H and O–H groups in total. The summed E-state index contributed by atoms with van der Waals surface area (Å²) in [6.45, 7) is 0. The summed E-state index contributed by atoms with van der Waals surface area (Å²) in [6, 6.07) is 5.76. The minimum atomic E-state index is -0.427. The average Bonchev–Trinajstić information content (AvgIpc) is 3.01. The summed E-state index contributed by atoms with van der Waals surface area (Å²) in [5.74, 6) is 0.501. The van der Waals surface area contributed by atoms with Gasteiger partial charge in [0.05, 0.1) is 17.1 Å². The quantitative estimate of drug-likeness (QED) is 0.780. The number of hydrogen-bond donors (Lipinski definition) is 3. The predicted octanol–water partition coefficient (Wildman–Crippen LogP) is 2.01. The molecular formula is C15H18N4O. The second kappa shape index (κ2) is 4.06. The van der Waals surface area contributed by atoms with E-state index in [-0.39, 0.29) is 6.04 Å². The molecule has 1 amide bonds. The van der Waals surface area contributed by atoms with E-state index in [9.17, 15) is 4.79 Å². The number of nitrogens with one attached hydrogen (secondary N) is 2. The maximum absolute atomic E-state index is 11.5. The van der Waals surface area contributed by atoms with Crippen LogP contribution < -0.4 is 11.1 Å². The molecule has 2 fully saturated rings. The summed E-state index contributed by atoms with van der Waals surface area (Å²) in [6.07, 6.45) is 6.20. The van der Waals surface area contributed by atoms with Crippen LogP contribution in [-0.4, -0.2) is 21.4 Å². The summed E-state index contributed by atoms with van der Waals surface area (Å²) in [7, 11) is 0. The lowest BCUT2D eigenvalue weighted by atomic mass is 9.76. The summed E-state index contributed by atoms with van der Waals surface area (Å²) in [5, 5.41) is 3.72. The van der Waals surface area contributed by atoms with Gasteiger partial charge in [0.25, 0.3) is 5.91 Å². The summed E-state index contributed by atoms with van der Waals surface area (Å²) < 4.78 is 0. The molecule has 1 unspecified atom stereocenters. The number of aromatic nitrogens is 2. The minimum Gasteiger partial charge on any atom is -0.366 e. The molecule has 0 radical (unpaired) electrons. The number of carbonyl (C=O) groups is 1. The molecule has 104 valence electrons. The van der Waals surface area contributed by atoms with Crippen LogP contribution in [0.25, 0.3) is 11.0 Å². The monoisotopic (exact) mass is 270 g/mol. The number of imidazole rings is 1. The molecule has 1 aromatic heterocycles. The molecule has 1 atom stereocenters. The van der Waals surface area contributed by atoms with Gasteiger partial charge in [-0.15, -0.1) is 0 Å². The first-order valence-electron chi connectivity index (χ1n) is 7.23. The molecule has 20 heavy (non-hydrogen) atoms. The maximum Gasteiger partial charge on any atom is 0.250 e. The minimum absolute atomic E-state index is 0.267. The topological polar surface area (TPSA) is 83.8 Å². The van der Waals surface area contributed by atoms with Crippen LogP contribution in [-0.2, 0) is 0 Å². The van der Waals surface area contributed by atoms with Gasteiger partial charge in [-0.3, -0.25) is 4.79 Å². The first-order valence-corrected chi connectivity index (χ1v) is 7.23. The first kappa shape index (κ1) is 11.9. The molecule has 2 aromatic rings. The van der Waals surface area contributed by atoms with E-state index in [2.05, 4.69) is 15.3 Å². The third kappa shape index (κ3) is 1.66. The van der Waals surface area contributed by atoms with E-state index in [1.165, 1.54) is 25.7 Å². The van der Waals surface area contributed by atoms with Gasteiger partial charge in [-0.2, -0.15) is 0 Å². The van der Waals surface area contributed by atoms with Crippen LogP contribution in [0.3, 0.4) is 0 Å². The number of carbonyl (C=O) groups excluding carboxylic acids is 1. The summed E-state index contributed by atoms with van der Waals surface area (Å²) >= 11 is 0. The third-order valence-electron chi connectivity index (χ3n) is 4.83. The van der Waals surface area contributed by atoms with Gasteiger partial charge < -0.3 is 16.0 Å². The van der Waals surface area contributed by atoms with Gasteiger partial charge in [0.1, 0.15) is 11.3 Å². The van der Waals surface area contributed by atoms with Crippen molar-refractivity contribution >= 4 is 16.9 Å². The zero-order chi connectivity index (χ0) is 13.7. The molecule has 5 heteroatoms. The summed E-state index contributed by atoms with van der Waals surface area (Å²) in [4.78, 5) is 19.4. The number of fused-ring (bicyclic) bond motifs is 1. The highest BCUT2D eigenvalue weighted by atomic mass is 16.1. The largest absolute Gasteiger partial charge is 0.366 e. The lowest BCUT2D eigenvalue weighted by Crippen LogP contribution is -2.46. The fourth-order valence-corrected chi connectivity index (χ4v) is 3.55. The van der Waals surface area contributed by atoms with Crippen molar-refractivity contribution < 1.29 is 4.79 Å². The van der Waals surface area contributed by atoms with Crippen LogP contribution in [0.1, 0.15) is 54.3 Å². The van der Waals surface area contributed by atoms with Crippen molar-refractivity contribution in [3.8, 4) is 0 Å². The van der Waals surface area contributed by atoms with E-state index in [0.717, 1.165) is 17.8 Å². The van der Waals surface area contributed by atoms with E-state index in [4.69, 9.17) is 5.73 Å². The summed E-state index contributed by atoms with van der Waals surface area (Å²) in [5.41, 5.74) is 7.82. The second-order valence-corrected chi connectivity index (χ2v) is 6.06. The number of benzene rings is 1. The Labute approximate surface area is 117 Å². The molecule has 2 heterocycles. The number of primary amides is 1. The van der Waals surface area contributed by atoms with Crippen molar-refractivity contribution in [3.63, 3.8) is 0 Å². The molecule has 1 saturated carbocycles. The molecule has 4 rings (SSSR count). The van der Waals surface area contributed by atoms with Gasteiger partial charge in [0.2, 0.25) is 0 Å². The Hall–Kier alpha value is -1.88. The van der Waals surface area contributed by atoms with Gasteiger partial charge in [-0.25, -0.2) is 4.98 Å². The van der Waals surface area contributed by atoms with Gasteiger partial charge >= 0.3 is 0 Å². The molecule has 1 aliphatic heterocycles.